The molecule has 0 aliphatic rings. The van der Waals surface area contributed by atoms with Crippen LogP contribution in [0.4, 0.5) is 0 Å². The maximum absolute atomic E-state index is 11.8. The van der Waals surface area contributed by atoms with E-state index in [0.717, 1.165) is 11.3 Å². The van der Waals surface area contributed by atoms with Crippen LogP contribution >= 0.6 is 11.3 Å². The fourth-order valence-corrected chi connectivity index (χ4v) is 2.87. The van der Waals surface area contributed by atoms with Crippen molar-refractivity contribution in [3.63, 3.8) is 0 Å². The Kier molecular flexibility index (Phi) is 6.14. The number of benzene rings is 1. The second-order valence-electron chi connectivity index (χ2n) is 4.86. The van der Waals surface area contributed by atoms with Crippen LogP contribution in [0.2, 0.25) is 0 Å². The van der Waals surface area contributed by atoms with E-state index in [1.165, 1.54) is 0 Å². The van der Waals surface area contributed by atoms with Crippen molar-refractivity contribution in [2.75, 3.05) is 20.3 Å². The largest absolute Gasteiger partial charge is 0.544 e. The minimum absolute atomic E-state index is 0.0257. The van der Waals surface area contributed by atoms with Gasteiger partial charge in [0.25, 0.3) is 0 Å². The number of methoxy groups -OCH3 is 1. The molecule has 1 aromatic heterocycles. The van der Waals surface area contributed by atoms with Gasteiger partial charge in [0, 0.05) is 6.07 Å². The molecular weight excluding hydrogens is 332 g/mol. The molecule has 0 aliphatic carbocycles. The summed E-state index contributed by atoms with van der Waals surface area (Å²) in [4.78, 5) is 26.8. The van der Waals surface area contributed by atoms with Gasteiger partial charge in [0.1, 0.15) is 23.1 Å². The number of ether oxygens (including phenoxy) is 2. The number of hydrogen-bond acceptors (Lipinski definition) is 7. The van der Waals surface area contributed by atoms with E-state index in [1.807, 2.05) is 12.1 Å². The zero-order chi connectivity index (χ0) is 17.5. The van der Waals surface area contributed by atoms with Crippen molar-refractivity contribution >= 4 is 23.2 Å². The molecule has 0 bridgehead atoms. The number of carboxylic acid groups (broad SMARTS) is 1. The number of carbonyl (C=O) groups excluding carboxylic acids is 2. The van der Waals surface area contributed by atoms with Crippen LogP contribution in [-0.2, 0) is 11.2 Å². The van der Waals surface area contributed by atoms with Crippen molar-refractivity contribution in [2.45, 2.75) is 13.3 Å². The van der Waals surface area contributed by atoms with Crippen molar-refractivity contribution in [3.05, 3.63) is 39.8 Å². The van der Waals surface area contributed by atoms with Crippen molar-refractivity contribution in [3.8, 4) is 11.5 Å². The summed E-state index contributed by atoms with van der Waals surface area (Å²) in [6.07, 6.45) is 0.0257. The van der Waals surface area contributed by atoms with Gasteiger partial charge in [-0.1, -0.05) is 6.07 Å². The molecule has 128 valence electrons. The summed E-state index contributed by atoms with van der Waals surface area (Å²) in [7, 11) is 1.57. The maximum Gasteiger partial charge on any atom is 0.226 e. The van der Waals surface area contributed by atoms with E-state index in [9.17, 15) is 14.7 Å². The highest BCUT2D eigenvalue weighted by Gasteiger charge is 2.11. The second-order valence-corrected chi connectivity index (χ2v) is 5.95. The summed E-state index contributed by atoms with van der Waals surface area (Å²) < 4.78 is 10.6. The van der Waals surface area contributed by atoms with Crippen LogP contribution in [0.25, 0.3) is 0 Å². The number of carbonyl (C=O) groups is 2. The van der Waals surface area contributed by atoms with Crippen LogP contribution in [0.3, 0.4) is 0 Å². The monoisotopic (exact) mass is 349 g/mol. The lowest BCUT2D eigenvalue weighted by Crippen LogP contribution is -2.29. The minimum Gasteiger partial charge on any atom is -0.544 e. The topological polar surface area (TPSA) is 101 Å². The first-order valence-corrected chi connectivity index (χ1v) is 8.02. The van der Waals surface area contributed by atoms with Gasteiger partial charge in [0.2, 0.25) is 5.91 Å². The molecule has 1 aromatic carbocycles. The van der Waals surface area contributed by atoms with Gasteiger partial charge >= 0.3 is 0 Å². The molecule has 24 heavy (non-hydrogen) atoms. The Hall–Kier alpha value is -2.61. The molecule has 7 nitrogen and oxygen atoms in total. The molecule has 0 unspecified atom stereocenters. The predicted octanol–water partition coefficient (Wildman–Crippen LogP) is 0.561. The Bertz CT molecular complexity index is 729. The number of aryl methyl sites for hydroxylation is 1. The summed E-state index contributed by atoms with van der Waals surface area (Å²) in [6.45, 7) is 2.21. The van der Waals surface area contributed by atoms with E-state index in [0.29, 0.717) is 35.4 Å². The standard InChI is InChI=1S/C16H18N2O5S/c1-10-15(16(20)21)24-14(18-10)9-13(19)17-6-7-23-12-5-3-4-11(8-12)22-2/h3-5,8H,6-7,9H2,1-2H3,(H,17,19)(H,20,21)/p-1. The number of aromatic carboxylic acids is 1. The van der Waals surface area contributed by atoms with Crippen molar-refractivity contribution in [2.24, 2.45) is 0 Å². The van der Waals surface area contributed by atoms with Crippen LogP contribution in [0.1, 0.15) is 20.4 Å². The summed E-state index contributed by atoms with van der Waals surface area (Å²) in [5.41, 5.74) is 0.365. The number of amides is 1. The molecule has 0 spiro atoms. The Labute approximate surface area is 143 Å². The second kappa shape index (κ2) is 8.30. The zero-order valence-corrected chi connectivity index (χ0v) is 14.1. The van der Waals surface area contributed by atoms with Crippen molar-refractivity contribution < 1.29 is 24.2 Å². The molecule has 0 radical (unpaired) electrons. The highest BCUT2D eigenvalue weighted by molar-refractivity contribution is 7.13. The fraction of sp³-hybridized carbons (Fsp3) is 0.312. The van der Waals surface area contributed by atoms with Gasteiger partial charge in [-0.25, -0.2) is 4.98 Å². The molecule has 0 aliphatic heterocycles. The molecule has 0 saturated carbocycles. The molecule has 1 N–H and O–H groups in total. The first-order chi connectivity index (χ1) is 11.5. The summed E-state index contributed by atoms with van der Waals surface area (Å²) in [5, 5.41) is 14.0. The normalized spacial score (nSPS) is 10.2. The van der Waals surface area contributed by atoms with Gasteiger partial charge in [-0.2, -0.15) is 0 Å². The maximum atomic E-state index is 11.8. The lowest BCUT2D eigenvalue weighted by atomic mass is 10.3. The van der Waals surface area contributed by atoms with E-state index in [1.54, 1.807) is 26.2 Å². The van der Waals surface area contributed by atoms with Gasteiger partial charge < -0.3 is 24.7 Å². The summed E-state index contributed by atoms with van der Waals surface area (Å²) >= 11 is 0.957. The number of nitrogens with one attached hydrogen (secondary N) is 1. The molecule has 2 aromatic rings. The smallest absolute Gasteiger partial charge is 0.226 e. The molecule has 8 heteroatoms. The average Bonchev–Trinajstić information content (AvgIpc) is 2.92. The summed E-state index contributed by atoms with van der Waals surface area (Å²) in [5.74, 6) is -0.177. The Morgan fingerprint density at radius 2 is 2.08 bits per heavy atom. The molecule has 0 atom stereocenters. The van der Waals surface area contributed by atoms with Crippen LogP contribution in [0.15, 0.2) is 24.3 Å². The van der Waals surface area contributed by atoms with Crippen molar-refractivity contribution in [1.82, 2.24) is 10.3 Å². The third-order valence-corrected chi connectivity index (χ3v) is 4.21. The van der Waals surface area contributed by atoms with Crippen LogP contribution in [0, 0.1) is 6.92 Å². The average molecular weight is 349 g/mol. The fourth-order valence-electron chi connectivity index (χ4n) is 1.97. The third kappa shape index (κ3) is 4.95. The lowest BCUT2D eigenvalue weighted by molar-refractivity contribution is -0.254. The zero-order valence-electron chi connectivity index (χ0n) is 13.3. The molecule has 0 saturated heterocycles. The van der Waals surface area contributed by atoms with Crippen LogP contribution in [-0.4, -0.2) is 37.1 Å². The Morgan fingerprint density at radius 1 is 1.33 bits per heavy atom. The highest BCUT2D eigenvalue weighted by atomic mass is 32.1. The third-order valence-electron chi connectivity index (χ3n) is 3.07. The molecular formula is C16H17N2O5S-. The van der Waals surface area contributed by atoms with E-state index in [2.05, 4.69) is 10.3 Å². The Morgan fingerprint density at radius 3 is 2.75 bits per heavy atom. The van der Waals surface area contributed by atoms with Gasteiger partial charge in [-0.15, -0.1) is 11.3 Å². The molecule has 0 fully saturated rings. The molecule has 2 rings (SSSR count). The van der Waals surface area contributed by atoms with E-state index in [-0.39, 0.29) is 17.2 Å². The van der Waals surface area contributed by atoms with Gasteiger partial charge in [-0.05, 0) is 19.1 Å². The van der Waals surface area contributed by atoms with Gasteiger partial charge in [-0.3, -0.25) is 4.79 Å². The van der Waals surface area contributed by atoms with E-state index < -0.39 is 5.97 Å². The Balaban J connectivity index is 1.75. The minimum atomic E-state index is -1.27. The number of rotatable bonds is 8. The quantitative estimate of drug-likeness (QED) is 0.699. The predicted molar refractivity (Wildman–Crippen MR) is 86.4 cm³/mol. The van der Waals surface area contributed by atoms with Gasteiger partial charge in [0.15, 0.2) is 0 Å². The van der Waals surface area contributed by atoms with Gasteiger partial charge in [0.05, 0.1) is 36.6 Å². The number of nitrogens with zero attached hydrogens (tertiary/aromatic N) is 1. The number of hydrogen-bond donors (Lipinski definition) is 1. The molecule has 1 amide bonds. The van der Waals surface area contributed by atoms with Crippen LogP contribution in [0.5, 0.6) is 11.5 Å². The number of aromatic nitrogens is 1. The first kappa shape index (κ1) is 17.7. The van der Waals surface area contributed by atoms with Crippen LogP contribution < -0.4 is 19.9 Å². The number of thiazole rings is 1. The van der Waals surface area contributed by atoms with E-state index in [4.69, 9.17) is 9.47 Å². The SMILES string of the molecule is COc1cccc(OCCNC(=O)Cc2nc(C)c(C(=O)[O-])s2)c1. The van der Waals surface area contributed by atoms with E-state index >= 15 is 0 Å². The number of carboxylic acids is 1. The summed E-state index contributed by atoms with van der Waals surface area (Å²) in [6, 6.07) is 7.17. The molecule has 1 heterocycles. The lowest BCUT2D eigenvalue weighted by Gasteiger charge is -2.08. The highest BCUT2D eigenvalue weighted by Crippen LogP contribution is 2.19. The van der Waals surface area contributed by atoms with Crippen molar-refractivity contribution in [1.29, 1.82) is 0 Å². The first-order valence-electron chi connectivity index (χ1n) is 7.21.